The molecule has 0 aliphatic rings. The normalized spacial score (nSPS) is 12.2. The fraction of sp³-hybridized carbons (Fsp3) is 0.400. The second kappa shape index (κ2) is 10.2. The summed E-state index contributed by atoms with van der Waals surface area (Å²) in [7, 11) is 1.31. The van der Waals surface area contributed by atoms with Crippen molar-refractivity contribution in [2.24, 2.45) is 0 Å². The van der Waals surface area contributed by atoms with Gasteiger partial charge < -0.3 is 14.6 Å². The molecule has 2 unspecified atom stereocenters. The number of alkyl halides is 1. The lowest BCUT2D eigenvalue weighted by atomic mass is 10.4. The SMILES string of the molecule is C=CC(=O)OC.C=CC(=O)OC(Cl)C(C)O. The van der Waals surface area contributed by atoms with E-state index in [4.69, 9.17) is 16.7 Å². The number of methoxy groups -OCH3 is 1. The van der Waals surface area contributed by atoms with Gasteiger partial charge in [0.2, 0.25) is 5.56 Å². The van der Waals surface area contributed by atoms with Crippen molar-refractivity contribution >= 4 is 23.5 Å². The van der Waals surface area contributed by atoms with Crippen molar-refractivity contribution in [3.05, 3.63) is 25.3 Å². The molecule has 5 nitrogen and oxygen atoms in total. The number of carbonyl (C=O) groups is 2. The van der Waals surface area contributed by atoms with Gasteiger partial charge in [0.25, 0.3) is 0 Å². The van der Waals surface area contributed by atoms with Crippen LogP contribution in [0.3, 0.4) is 0 Å². The summed E-state index contributed by atoms with van der Waals surface area (Å²) >= 11 is 5.35. The molecule has 0 radical (unpaired) electrons. The Morgan fingerprint density at radius 3 is 1.94 bits per heavy atom. The Bertz CT molecular complexity index is 250. The number of rotatable bonds is 4. The molecular formula is C10H15ClO5. The smallest absolute Gasteiger partial charge is 0.331 e. The largest absolute Gasteiger partial charge is 0.466 e. The summed E-state index contributed by atoms with van der Waals surface area (Å²) in [5, 5.41) is 8.72. The number of ether oxygens (including phenoxy) is 2. The number of carbonyl (C=O) groups excluding carboxylic acids is 2. The Balaban J connectivity index is 0. The van der Waals surface area contributed by atoms with Crippen LogP contribution in [-0.4, -0.2) is 35.8 Å². The van der Waals surface area contributed by atoms with E-state index in [1.165, 1.54) is 14.0 Å². The third-order valence-electron chi connectivity index (χ3n) is 1.14. The molecule has 0 amide bonds. The van der Waals surface area contributed by atoms with E-state index in [1.807, 2.05) is 0 Å². The second-order valence-electron chi connectivity index (χ2n) is 2.46. The first kappa shape index (κ1) is 17.1. The summed E-state index contributed by atoms with van der Waals surface area (Å²) in [5.41, 5.74) is -0.995. The van der Waals surface area contributed by atoms with Gasteiger partial charge >= 0.3 is 11.9 Å². The average Bonchev–Trinajstić information content (AvgIpc) is 2.28. The standard InChI is InChI=1S/C6H9ClO3.C4H6O2/c1-3-5(9)10-6(7)4(2)8;1-3-4(5)6-2/h3-4,6,8H,1H2,2H3;3H,1H2,2H3. The predicted molar refractivity (Wildman–Crippen MR) is 59.8 cm³/mol. The van der Waals surface area contributed by atoms with E-state index in [0.29, 0.717) is 0 Å². The molecule has 0 bridgehead atoms. The molecule has 2 atom stereocenters. The Morgan fingerprint density at radius 1 is 1.31 bits per heavy atom. The van der Waals surface area contributed by atoms with Crippen molar-refractivity contribution in [1.82, 2.24) is 0 Å². The molecule has 6 heteroatoms. The van der Waals surface area contributed by atoms with Gasteiger partial charge in [0.15, 0.2) is 0 Å². The third-order valence-corrected chi connectivity index (χ3v) is 1.60. The molecule has 0 rings (SSSR count). The van der Waals surface area contributed by atoms with E-state index in [0.717, 1.165) is 12.2 Å². The fourth-order valence-corrected chi connectivity index (χ4v) is 0.429. The summed E-state index contributed by atoms with van der Waals surface area (Å²) in [6.07, 6.45) is 1.23. The Hall–Kier alpha value is -1.33. The minimum atomic E-state index is -0.995. The molecule has 92 valence electrons. The van der Waals surface area contributed by atoms with Gasteiger partial charge in [-0.3, -0.25) is 0 Å². The molecule has 0 aromatic carbocycles. The highest BCUT2D eigenvalue weighted by atomic mass is 35.5. The van der Waals surface area contributed by atoms with Crippen molar-refractivity contribution in [3.63, 3.8) is 0 Å². The summed E-state index contributed by atoms with van der Waals surface area (Å²) in [5.74, 6) is -1.03. The van der Waals surface area contributed by atoms with Crippen LogP contribution in [0.2, 0.25) is 0 Å². The van der Waals surface area contributed by atoms with Gasteiger partial charge in [0.1, 0.15) is 6.10 Å². The molecule has 0 aromatic heterocycles. The fourth-order valence-electron chi connectivity index (χ4n) is 0.341. The lowest BCUT2D eigenvalue weighted by Gasteiger charge is -2.11. The number of esters is 2. The number of aliphatic hydroxyl groups is 1. The van der Waals surface area contributed by atoms with E-state index in [9.17, 15) is 9.59 Å². The van der Waals surface area contributed by atoms with Crippen LogP contribution in [0.15, 0.2) is 25.3 Å². The van der Waals surface area contributed by atoms with Crippen molar-refractivity contribution in [3.8, 4) is 0 Å². The number of aliphatic hydroxyl groups excluding tert-OH is 1. The van der Waals surface area contributed by atoms with Gasteiger partial charge in [-0.25, -0.2) is 9.59 Å². The molecular weight excluding hydrogens is 236 g/mol. The van der Waals surface area contributed by atoms with Gasteiger partial charge in [0, 0.05) is 12.2 Å². The Kier molecular flexibility index (Phi) is 10.9. The predicted octanol–water partition coefficient (Wildman–Crippen LogP) is 1.01. The zero-order chi connectivity index (χ0) is 13.1. The maximum absolute atomic E-state index is 10.4. The minimum absolute atomic E-state index is 0.394. The Morgan fingerprint density at radius 2 is 1.75 bits per heavy atom. The van der Waals surface area contributed by atoms with Crippen LogP contribution in [0.5, 0.6) is 0 Å². The first-order chi connectivity index (χ1) is 7.38. The van der Waals surface area contributed by atoms with E-state index in [1.54, 1.807) is 0 Å². The number of hydrogen-bond donors (Lipinski definition) is 1. The average molecular weight is 251 g/mol. The summed E-state index contributed by atoms with van der Waals surface area (Å²) in [6, 6.07) is 0. The zero-order valence-corrected chi connectivity index (χ0v) is 9.94. The maximum Gasteiger partial charge on any atom is 0.331 e. The monoisotopic (exact) mass is 250 g/mol. The zero-order valence-electron chi connectivity index (χ0n) is 9.18. The highest BCUT2D eigenvalue weighted by Gasteiger charge is 2.13. The van der Waals surface area contributed by atoms with E-state index in [-0.39, 0.29) is 0 Å². The highest BCUT2D eigenvalue weighted by molar-refractivity contribution is 6.20. The first-order valence-electron chi connectivity index (χ1n) is 4.24. The third kappa shape index (κ3) is 10.7. The molecule has 0 aliphatic carbocycles. The molecule has 0 saturated carbocycles. The molecule has 1 N–H and O–H groups in total. The number of hydrogen-bond acceptors (Lipinski definition) is 5. The van der Waals surface area contributed by atoms with Crippen molar-refractivity contribution in [2.45, 2.75) is 18.6 Å². The van der Waals surface area contributed by atoms with Gasteiger partial charge in [0.05, 0.1) is 7.11 Å². The second-order valence-corrected chi connectivity index (χ2v) is 2.89. The quantitative estimate of drug-likeness (QED) is 0.458. The van der Waals surface area contributed by atoms with Gasteiger partial charge in [-0.1, -0.05) is 24.8 Å². The molecule has 0 saturated heterocycles. The summed E-state index contributed by atoms with van der Waals surface area (Å²) in [6.45, 7) is 7.74. The molecule has 0 aliphatic heterocycles. The van der Waals surface area contributed by atoms with Crippen LogP contribution in [0.1, 0.15) is 6.92 Å². The van der Waals surface area contributed by atoms with E-state index in [2.05, 4.69) is 22.6 Å². The molecule has 0 heterocycles. The number of halogens is 1. The molecule has 0 spiro atoms. The van der Waals surface area contributed by atoms with Crippen molar-refractivity contribution in [2.75, 3.05) is 7.11 Å². The van der Waals surface area contributed by atoms with Crippen LogP contribution < -0.4 is 0 Å². The van der Waals surface area contributed by atoms with Crippen LogP contribution in [-0.2, 0) is 19.1 Å². The van der Waals surface area contributed by atoms with Crippen LogP contribution >= 0.6 is 11.6 Å². The molecule has 0 aromatic rings. The van der Waals surface area contributed by atoms with Crippen LogP contribution in [0, 0.1) is 0 Å². The molecule has 0 fully saturated rings. The lowest BCUT2D eigenvalue weighted by molar-refractivity contribution is -0.142. The van der Waals surface area contributed by atoms with Crippen molar-refractivity contribution < 1.29 is 24.2 Å². The topological polar surface area (TPSA) is 72.8 Å². The summed E-state index contributed by atoms with van der Waals surface area (Å²) in [4.78, 5) is 20.2. The maximum atomic E-state index is 10.4. The van der Waals surface area contributed by atoms with Gasteiger partial charge in [-0.2, -0.15) is 0 Å². The highest BCUT2D eigenvalue weighted by Crippen LogP contribution is 2.04. The van der Waals surface area contributed by atoms with Gasteiger partial charge in [-0.15, -0.1) is 0 Å². The van der Waals surface area contributed by atoms with Crippen molar-refractivity contribution in [1.29, 1.82) is 0 Å². The van der Waals surface area contributed by atoms with Gasteiger partial charge in [-0.05, 0) is 6.92 Å². The van der Waals surface area contributed by atoms with Crippen LogP contribution in [0.25, 0.3) is 0 Å². The van der Waals surface area contributed by atoms with E-state index < -0.39 is 23.6 Å². The minimum Gasteiger partial charge on any atom is -0.466 e. The van der Waals surface area contributed by atoms with E-state index >= 15 is 0 Å². The Labute approximate surface area is 99.3 Å². The first-order valence-corrected chi connectivity index (χ1v) is 4.68. The van der Waals surface area contributed by atoms with Crippen LogP contribution in [0.4, 0.5) is 0 Å². The molecule has 16 heavy (non-hydrogen) atoms. The summed E-state index contributed by atoms with van der Waals surface area (Å²) < 4.78 is 8.56. The lowest BCUT2D eigenvalue weighted by Crippen LogP contribution is -2.22.